The molecule has 0 rings (SSSR count). The third-order valence-electron chi connectivity index (χ3n) is 0.719. The Morgan fingerprint density at radius 3 is 2.25 bits per heavy atom. The van der Waals surface area contributed by atoms with Crippen molar-refractivity contribution in [1.82, 2.24) is 0 Å². The minimum absolute atomic E-state index is 0.0949. The lowest BCUT2D eigenvalue weighted by Gasteiger charge is -2.12. The van der Waals surface area contributed by atoms with Crippen LogP contribution in [0.5, 0.6) is 0 Å². The van der Waals surface area contributed by atoms with Crippen molar-refractivity contribution in [1.29, 1.82) is 0 Å². The normalized spacial score (nSPS) is 22.1. The van der Waals surface area contributed by atoms with Crippen LogP contribution in [0.4, 0.5) is 0 Å². The van der Waals surface area contributed by atoms with Gasteiger partial charge in [-0.3, -0.25) is 0 Å². The van der Waals surface area contributed by atoms with Gasteiger partial charge in [0.05, 0.1) is 6.42 Å². The maximum absolute atomic E-state index is 8.77. The average Bonchev–Trinajstić information content (AvgIpc) is 1.21. The van der Waals surface area contributed by atoms with Crippen molar-refractivity contribution in [2.75, 3.05) is 0 Å². The fourth-order valence-corrected chi connectivity index (χ4v) is 0.627. The van der Waals surface area contributed by atoms with Crippen LogP contribution in [-0.2, 0) is 0 Å². The van der Waals surface area contributed by atoms with Gasteiger partial charge in [-0.2, -0.15) is 0 Å². The van der Waals surface area contributed by atoms with Crippen molar-refractivity contribution < 1.29 is 10.2 Å². The lowest BCUT2D eigenvalue weighted by Crippen LogP contribution is -2.32. The zero-order valence-corrected chi connectivity index (χ0v) is 5.31. The van der Waals surface area contributed by atoms with Crippen LogP contribution in [0.15, 0.2) is 0 Å². The van der Waals surface area contributed by atoms with Crippen LogP contribution < -0.4 is 5.73 Å². The number of rotatable bonds is 2. The van der Waals surface area contributed by atoms with Gasteiger partial charge in [0, 0.05) is 13.0 Å². The maximum Gasteiger partial charge on any atom is 0.269 e. The summed E-state index contributed by atoms with van der Waals surface area (Å²) in [6, 6.07) is -0.0949. The number of aliphatic hydroxyl groups is 1. The second-order valence-corrected chi connectivity index (χ2v) is 2.46. The van der Waals surface area contributed by atoms with Gasteiger partial charge in [0.1, 0.15) is 0 Å². The van der Waals surface area contributed by atoms with E-state index in [9.17, 15) is 0 Å². The molecular weight excluding hydrogens is 106 g/mol. The molecule has 0 radical (unpaired) electrons. The Balaban J connectivity index is 3.39. The van der Waals surface area contributed by atoms with Crippen molar-refractivity contribution in [2.24, 2.45) is 5.73 Å². The Bertz CT molecular complexity index is 65.3. The molecule has 0 aromatic heterocycles. The fraction of sp³-hybridized carbons (Fsp3) is 1.00. The van der Waals surface area contributed by atoms with Crippen molar-refractivity contribution >= 4 is 0 Å². The predicted molar refractivity (Wildman–Crippen MR) is 32.5 cm³/mol. The van der Waals surface area contributed by atoms with E-state index in [2.05, 4.69) is 0 Å². The van der Waals surface area contributed by atoms with E-state index in [0.717, 1.165) is 0 Å². The van der Waals surface area contributed by atoms with Gasteiger partial charge in [-0.25, -0.2) is 0 Å². The summed E-state index contributed by atoms with van der Waals surface area (Å²) < 4.78 is 0. The third-order valence-corrected chi connectivity index (χ3v) is 0.719. The lowest BCUT2D eigenvalue weighted by atomic mass is 10.1. The molecule has 0 saturated carbocycles. The molecule has 0 aliphatic rings. The molecule has 5 N–H and O–H groups in total. The van der Waals surface area contributed by atoms with E-state index in [-0.39, 0.29) is 6.04 Å². The second-order valence-electron chi connectivity index (χ2n) is 2.46. The Morgan fingerprint density at radius 2 is 2.25 bits per heavy atom. The van der Waals surface area contributed by atoms with E-state index >= 15 is 0 Å². The summed E-state index contributed by atoms with van der Waals surface area (Å²) in [6.07, 6.45) is 0.326. The lowest BCUT2D eigenvalue weighted by molar-refractivity contribution is -0.151. The topological polar surface area (TPSA) is 69.2 Å². The molecule has 0 aliphatic carbocycles. The summed E-state index contributed by atoms with van der Waals surface area (Å²) >= 11 is 0. The highest BCUT2D eigenvalue weighted by Crippen LogP contribution is 2.04. The zero-order chi connectivity index (χ0) is 6.78. The number of hydrogen-bond acceptors (Lipinski definition) is 2. The minimum Gasteiger partial charge on any atom is -0.420 e. The molecule has 8 heavy (non-hydrogen) atoms. The molecule has 0 fully saturated rings. The molecule has 1 unspecified atom stereocenters. The van der Waals surface area contributed by atoms with Crippen LogP contribution in [0, 0.1) is 0 Å². The van der Waals surface area contributed by atoms with Crippen molar-refractivity contribution in [3.05, 3.63) is 0 Å². The SMILES string of the molecule is C[C@@H](N)CC(C)(O)[OH2+]. The molecule has 0 heterocycles. The fourth-order valence-electron chi connectivity index (χ4n) is 0.627. The first-order valence-electron chi connectivity index (χ1n) is 2.65. The van der Waals surface area contributed by atoms with Crippen molar-refractivity contribution in [3.8, 4) is 0 Å². The number of nitrogens with two attached hydrogens (primary N) is 1. The van der Waals surface area contributed by atoms with Crippen LogP contribution in [-0.4, -0.2) is 22.0 Å². The monoisotopic (exact) mass is 120 g/mol. The summed E-state index contributed by atoms with van der Waals surface area (Å²) in [6.45, 7) is 3.19. The summed E-state index contributed by atoms with van der Waals surface area (Å²) in [7, 11) is 0. The maximum atomic E-state index is 8.77. The van der Waals surface area contributed by atoms with Crippen molar-refractivity contribution in [3.63, 3.8) is 0 Å². The molecule has 0 saturated heterocycles. The van der Waals surface area contributed by atoms with Gasteiger partial charge in [0.25, 0.3) is 5.79 Å². The Kier molecular flexibility index (Phi) is 2.40. The molecule has 2 atom stereocenters. The van der Waals surface area contributed by atoms with E-state index in [0.29, 0.717) is 6.42 Å². The van der Waals surface area contributed by atoms with Crippen LogP contribution in [0.2, 0.25) is 0 Å². The van der Waals surface area contributed by atoms with Crippen LogP contribution in [0.1, 0.15) is 20.3 Å². The average molecular weight is 120 g/mol. The molecule has 50 valence electrons. The Labute approximate surface area is 49.1 Å². The molecule has 3 heteroatoms. The van der Waals surface area contributed by atoms with Gasteiger partial charge < -0.3 is 15.9 Å². The van der Waals surface area contributed by atoms with E-state index in [1.165, 1.54) is 6.92 Å². The van der Waals surface area contributed by atoms with Gasteiger partial charge in [0.2, 0.25) is 0 Å². The third kappa shape index (κ3) is 5.88. The first kappa shape index (κ1) is 7.88. The highest BCUT2D eigenvalue weighted by atomic mass is 16.5. The largest absolute Gasteiger partial charge is 0.420 e. The van der Waals surface area contributed by atoms with E-state index < -0.39 is 5.79 Å². The quantitative estimate of drug-likeness (QED) is 0.368. The standard InChI is InChI=1S/C5H13NO2/c1-4(6)3-5(2,7)8/h4,7-8H,3,6H2,1-2H3/p+1/t4-/m1/s1. The van der Waals surface area contributed by atoms with Crippen molar-refractivity contribution in [2.45, 2.75) is 32.1 Å². The minimum atomic E-state index is -1.35. The summed E-state index contributed by atoms with van der Waals surface area (Å²) in [5.41, 5.74) is 5.30. The molecule has 0 aliphatic heterocycles. The number of hydrogen-bond donors (Lipinski definition) is 2. The van der Waals surface area contributed by atoms with Gasteiger partial charge in [-0.15, -0.1) is 0 Å². The van der Waals surface area contributed by atoms with Crippen LogP contribution >= 0.6 is 0 Å². The van der Waals surface area contributed by atoms with E-state index in [4.69, 9.17) is 15.9 Å². The van der Waals surface area contributed by atoms with Gasteiger partial charge in [-0.1, -0.05) is 0 Å². The zero-order valence-electron chi connectivity index (χ0n) is 5.31. The molecule has 3 nitrogen and oxygen atoms in total. The van der Waals surface area contributed by atoms with Gasteiger partial charge in [0.15, 0.2) is 0 Å². The van der Waals surface area contributed by atoms with Crippen LogP contribution in [0.3, 0.4) is 0 Å². The molecule has 0 aromatic carbocycles. The molecule has 0 spiro atoms. The van der Waals surface area contributed by atoms with Crippen LogP contribution in [0.25, 0.3) is 0 Å². The van der Waals surface area contributed by atoms with Gasteiger partial charge >= 0.3 is 0 Å². The summed E-state index contributed by atoms with van der Waals surface area (Å²) in [5, 5.41) is 15.7. The first-order valence-corrected chi connectivity index (χ1v) is 2.65. The molecule has 0 amide bonds. The Hall–Kier alpha value is -0.120. The Morgan fingerprint density at radius 1 is 1.88 bits per heavy atom. The summed E-state index contributed by atoms with van der Waals surface area (Å²) in [5.74, 6) is -1.35. The summed E-state index contributed by atoms with van der Waals surface area (Å²) in [4.78, 5) is 0. The molecule has 0 aromatic rings. The van der Waals surface area contributed by atoms with E-state index in [1.807, 2.05) is 0 Å². The van der Waals surface area contributed by atoms with E-state index in [1.54, 1.807) is 6.92 Å². The molecule has 0 bridgehead atoms. The van der Waals surface area contributed by atoms with Gasteiger partial charge in [-0.05, 0) is 6.92 Å². The smallest absolute Gasteiger partial charge is 0.269 e. The molecular formula is C5H14NO2+. The first-order chi connectivity index (χ1) is 3.42. The highest BCUT2D eigenvalue weighted by Gasteiger charge is 2.21. The predicted octanol–water partition coefficient (Wildman–Crippen LogP) is -0.843. The second kappa shape index (κ2) is 2.44. The highest BCUT2D eigenvalue weighted by molar-refractivity contribution is 4.63.